The Morgan fingerprint density at radius 1 is 0.769 bits per heavy atom. The lowest BCUT2D eigenvalue weighted by Crippen LogP contribution is -2.86. The number of aliphatic hydroxyl groups is 5. The molecule has 1 aliphatic heterocycles. The highest BCUT2D eigenvalue weighted by Crippen LogP contribution is 2.45. The van der Waals surface area contributed by atoms with E-state index in [-0.39, 0.29) is 46.2 Å². The van der Waals surface area contributed by atoms with E-state index in [4.69, 9.17) is 28.8 Å². The van der Waals surface area contributed by atoms with Crippen molar-refractivity contribution in [3.63, 3.8) is 0 Å². The maximum absolute atomic E-state index is 12.7. The van der Waals surface area contributed by atoms with Gasteiger partial charge in [-0.05, 0) is 20.8 Å². The summed E-state index contributed by atoms with van der Waals surface area (Å²) in [7, 11) is 0. The molecule has 1 aliphatic rings. The summed E-state index contributed by atoms with van der Waals surface area (Å²) in [6.07, 6.45) is -5.03. The summed E-state index contributed by atoms with van der Waals surface area (Å²) < 4.78 is 26.5. The summed E-state index contributed by atoms with van der Waals surface area (Å²) in [5.41, 5.74) is -6.42. The Kier molecular flexibility index (Phi) is 14.2. The van der Waals surface area contributed by atoms with Crippen molar-refractivity contribution in [3.8, 4) is 0 Å². The van der Waals surface area contributed by atoms with Crippen LogP contribution in [0.2, 0.25) is 0 Å². The molecule has 226 valence electrons. The van der Waals surface area contributed by atoms with Crippen LogP contribution in [0.5, 0.6) is 0 Å². The molecule has 0 aromatic heterocycles. The Morgan fingerprint density at radius 3 is 1.59 bits per heavy atom. The van der Waals surface area contributed by atoms with Gasteiger partial charge in [-0.25, -0.2) is 0 Å². The van der Waals surface area contributed by atoms with Crippen LogP contribution in [0.1, 0.15) is 34.1 Å². The lowest BCUT2D eigenvalue weighted by Gasteiger charge is -2.58. The van der Waals surface area contributed by atoms with Gasteiger partial charge in [0.25, 0.3) is 0 Å². The van der Waals surface area contributed by atoms with E-state index in [1.54, 1.807) is 0 Å². The molecule has 0 bridgehead atoms. The van der Waals surface area contributed by atoms with Crippen molar-refractivity contribution in [1.82, 2.24) is 5.32 Å². The molecule has 0 spiro atoms. The zero-order valence-electron chi connectivity index (χ0n) is 22.7. The molecule has 0 radical (unpaired) electrons. The van der Waals surface area contributed by atoms with E-state index in [1.807, 2.05) is 0 Å². The molecule has 0 aromatic carbocycles. The number of nitrogens with one attached hydrogen (secondary N) is 1. The second-order valence-electron chi connectivity index (χ2n) is 9.14. The molecule has 0 aliphatic carbocycles. The average molecular weight is 568 g/mol. The summed E-state index contributed by atoms with van der Waals surface area (Å²) in [4.78, 5) is 49.2. The first-order chi connectivity index (χ1) is 18.2. The monoisotopic (exact) mass is 567 g/mol. The van der Waals surface area contributed by atoms with Crippen LogP contribution in [0.25, 0.3) is 0 Å². The van der Waals surface area contributed by atoms with Crippen molar-refractivity contribution in [3.05, 3.63) is 0 Å². The van der Waals surface area contributed by atoms with Gasteiger partial charge in [0.05, 0.1) is 59.5 Å². The first kappa shape index (κ1) is 35.1. The van der Waals surface area contributed by atoms with Crippen molar-refractivity contribution in [2.75, 3.05) is 59.5 Å². The fourth-order valence-corrected chi connectivity index (χ4v) is 4.25. The topological polar surface area (TPSA) is 228 Å². The van der Waals surface area contributed by atoms with Gasteiger partial charge in [0.1, 0.15) is 18.2 Å². The Labute approximate surface area is 226 Å². The van der Waals surface area contributed by atoms with Gasteiger partial charge in [0.15, 0.2) is 34.3 Å². The summed E-state index contributed by atoms with van der Waals surface area (Å²) in [5.74, 6) is -7.01. The van der Waals surface area contributed by atoms with Crippen LogP contribution < -0.4 is 5.32 Å². The van der Waals surface area contributed by atoms with Gasteiger partial charge >= 0.3 is 0 Å². The van der Waals surface area contributed by atoms with Gasteiger partial charge in [0.2, 0.25) is 5.91 Å². The van der Waals surface area contributed by atoms with E-state index in [0.717, 1.165) is 27.7 Å². The zero-order chi connectivity index (χ0) is 29.9. The number of hydrogen-bond donors (Lipinski definition) is 6. The molecule has 6 atom stereocenters. The number of ketones is 3. The smallest absolute Gasteiger partial charge is 0.217 e. The summed E-state index contributed by atoms with van der Waals surface area (Å²) in [5, 5.41) is 55.4. The fourth-order valence-electron chi connectivity index (χ4n) is 4.25. The maximum Gasteiger partial charge on any atom is 0.217 e. The van der Waals surface area contributed by atoms with Crippen molar-refractivity contribution in [2.45, 2.75) is 69.4 Å². The Balaban J connectivity index is 2.93. The number of hydrogen-bond acceptors (Lipinski definition) is 14. The minimum atomic E-state index is -3.22. The van der Waals surface area contributed by atoms with Gasteiger partial charge in [-0.3, -0.25) is 19.2 Å². The number of carbonyl (C=O) groups excluding carboxylic acids is 4. The van der Waals surface area contributed by atoms with E-state index in [0.29, 0.717) is 13.2 Å². The summed E-state index contributed by atoms with van der Waals surface area (Å²) >= 11 is 0. The third-order valence-corrected chi connectivity index (χ3v) is 6.27. The standard InChI is InChI=1S/C24H41NO14/c1-15(27)19(31)20-23(33,16(2)28)24(34,17(3)29)21(25-18(4)30)22(32,39-20)5-7-35-9-11-37-13-14-38-12-10-36-8-6-26/h19-21,26,31-34H,5-14H2,1-4H3,(H,25,30)/t19?,20-,21-,22+,23+,24-/m1/s1. The first-order valence-electron chi connectivity index (χ1n) is 12.4. The molecule has 1 rings (SSSR count). The number of Topliss-reactive ketones (excluding diaryl/α,β-unsaturated/α-hetero) is 3. The zero-order valence-corrected chi connectivity index (χ0v) is 22.7. The number of rotatable bonds is 19. The SMILES string of the molecule is CC(=O)N[C@H]1[C@](O)(C(C)=O)[C@](O)(C(C)=O)[C@@H](C(O)C(C)=O)O[C@@]1(O)CCOCCOCCOCCOCCO. The Morgan fingerprint density at radius 2 is 1.21 bits per heavy atom. The van der Waals surface area contributed by atoms with Crippen LogP contribution in [0.3, 0.4) is 0 Å². The molecular weight excluding hydrogens is 526 g/mol. The summed E-state index contributed by atoms with van der Waals surface area (Å²) in [6, 6.07) is -2.09. The van der Waals surface area contributed by atoms with E-state index >= 15 is 0 Å². The van der Waals surface area contributed by atoms with Gasteiger partial charge < -0.3 is 54.5 Å². The Hall–Kier alpha value is -1.92. The van der Waals surface area contributed by atoms with Crippen LogP contribution in [0.15, 0.2) is 0 Å². The van der Waals surface area contributed by atoms with Crippen molar-refractivity contribution >= 4 is 23.3 Å². The molecule has 0 saturated carbocycles. The minimum Gasteiger partial charge on any atom is -0.394 e. The van der Waals surface area contributed by atoms with Crippen LogP contribution in [-0.4, -0.2) is 143 Å². The highest BCUT2D eigenvalue weighted by molar-refractivity contribution is 6.00. The lowest BCUT2D eigenvalue weighted by molar-refractivity contribution is -0.363. The molecule has 0 aromatic rings. The second-order valence-corrected chi connectivity index (χ2v) is 9.14. The molecular formula is C24H41NO14. The van der Waals surface area contributed by atoms with E-state index in [1.165, 1.54) is 0 Å². The molecule has 15 heteroatoms. The first-order valence-corrected chi connectivity index (χ1v) is 12.4. The third kappa shape index (κ3) is 8.53. The predicted molar refractivity (Wildman–Crippen MR) is 130 cm³/mol. The number of carbonyl (C=O) groups is 4. The molecule has 1 unspecified atom stereocenters. The van der Waals surface area contributed by atoms with Crippen LogP contribution in [-0.2, 0) is 42.9 Å². The fraction of sp³-hybridized carbons (Fsp3) is 0.833. The van der Waals surface area contributed by atoms with Gasteiger partial charge in [-0.15, -0.1) is 0 Å². The van der Waals surface area contributed by atoms with Crippen molar-refractivity contribution < 1.29 is 68.4 Å². The molecule has 1 amide bonds. The van der Waals surface area contributed by atoms with Gasteiger partial charge in [0, 0.05) is 13.3 Å². The summed E-state index contributed by atoms with van der Waals surface area (Å²) in [6.45, 7) is 4.77. The number of aliphatic hydroxyl groups excluding tert-OH is 2. The lowest BCUT2D eigenvalue weighted by atomic mass is 9.63. The molecule has 6 N–H and O–H groups in total. The second kappa shape index (κ2) is 15.8. The predicted octanol–water partition coefficient (Wildman–Crippen LogP) is -3.38. The van der Waals surface area contributed by atoms with E-state index < -0.39 is 64.9 Å². The highest BCUT2D eigenvalue weighted by Gasteiger charge is 2.75. The quantitative estimate of drug-likeness (QED) is 0.0837. The van der Waals surface area contributed by atoms with E-state index in [9.17, 15) is 39.6 Å². The van der Waals surface area contributed by atoms with Crippen LogP contribution in [0.4, 0.5) is 0 Å². The van der Waals surface area contributed by atoms with Crippen molar-refractivity contribution in [2.24, 2.45) is 0 Å². The van der Waals surface area contributed by atoms with Crippen molar-refractivity contribution in [1.29, 1.82) is 0 Å². The molecule has 39 heavy (non-hydrogen) atoms. The third-order valence-electron chi connectivity index (χ3n) is 6.27. The van der Waals surface area contributed by atoms with Crippen LogP contribution >= 0.6 is 0 Å². The molecule has 15 nitrogen and oxygen atoms in total. The van der Waals surface area contributed by atoms with Crippen LogP contribution in [0, 0.1) is 0 Å². The minimum absolute atomic E-state index is 0.0361. The molecule has 1 fully saturated rings. The van der Waals surface area contributed by atoms with Gasteiger partial charge in [-0.2, -0.15) is 0 Å². The van der Waals surface area contributed by atoms with Gasteiger partial charge in [-0.1, -0.05) is 0 Å². The number of ether oxygens (including phenoxy) is 5. The number of amides is 1. The molecule has 1 heterocycles. The average Bonchev–Trinajstić information content (AvgIpc) is 2.86. The Bertz CT molecular complexity index is 840. The van der Waals surface area contributed by atoms with E-state index in [2.05, 4.69) is 5.32 Å². The maximum atomic E-state index is 12.7. The highest BCUT2D eigenvalue weighted by atomic mass is 16.7. The largest absolute Gasteiger partial charge is 0.394 e. The normalized spacial score (nSPS) is 29.6. The molecule has 1 saturated heterocycles.